The number of benzene rings is 1. The number of fused-ring (bicyclic) bond motifs is 1. The largest absolute Gasteiger partial charge is 0.547 e. The summed E-state index contributed by atoms with van der Waals surface area (Å²) < 4.78 is 5.76. The second-order valence-corrected chi connectivity index (χ2v) is 9.75. The van der Waals surface area contributed by atoms with E-state index < -0.39 is 13.1 Å². The maximum atomic E-state index is 12.6. The zero-order valence-corrected chi connectivity index (χ0v) is 18.5. The first-order chi connectivity index (χ1) is 14.1. The predicted molar refractivity (Wildman–Crippen MR) is 122 cm³/mol. The number of hydrogen-bond donors (Lipinski definition) is 4. The summed E-state index contributed by atoms with van der Waals surface area (Å²) in [6, 6.07) is 6.36. The first kappa shape index (κ1) is 22.9. The van der Waals surface area contributed by atoms with Crippen molar-refractivity contribution in [3.8, 4) is 5.75 Å². The van der Waals surface area contributed by atoms with E-state index in [9.17, 15) is 9.82 Å². The maximum Gasteiger partial charge on any atom is 0.547 e. The number of carbonyl (C=O) groups excluding carboxylic acids is 1. The van der Waals surface area contributed by atoms with Crippen molar-refractivity contribution < 1.29 is 14.5 Å². The highest BCUT2D eigenvalue weighted by molar-refractivity contribution is 6.46. The average molecular weight is 413 g/mol. The van der Waals surface area contributed by atoms with E-state index in [0.29, 0.717) is 30.6 Å². The summed E-state index contributed by atoms with van der Waals surface area (Å²) in [5.74, 6) is 0.615. The Morgan fingerprint density at radius 2 is 2.03 bits per heavy atom. The molecule has 1 amide bonds. The van der Waals surface area contributed by atoms with E-state index >= 15 is 0 Å². The van der Waals surface area contributed by atoms with Crippen LogP contribution in [0.2, 0.25) is 0 Å². The third kappa shape index (κ3) is 6.09. The van der Waals surface area contributed by atoms with E-state index in [1.165, 1.54) is 0 Å². The number of rotatable bonds is 7. The molecule has 0 saturated heterocycles. The van der Waals surface area contributed by atoms with Gasteiger partial charge in [-0.05, 0) is 69.9 Å². The fourth-order valence-corrected chi connectivity index (χ4v) is 4.39. The Hall–Kier alpha value is -1.83. The molecule has 0 bridgehead atoms. The number of para-hydroxylation sites is 1. The van der Waals surface area contributed by atoms with E-state index in [4.69, 9.17) is 10.4 Å². The van der Waals surface area contributed by atoms with Crippen molar-refractivity contribution in [1.82, 2.24) is 10.6 Å². The molecule has 164 valence electrons. The molecule has 1 atom stereocenters. The van der Waals surface area contributed by atoms with Crippen LogP contribution in [-0.4, -0.2) is 42.1 Å². The van der Waals surface area contributed by atoms with Crippen molar-refractivity contribution >= 4 is 18.6 Å². The highest BCUT2D eigenvalue weighted by Gasteiger charge is 2.37. The normalized spacial score (nSPS) is 24.0. The van der Waals surface area contributed by atoms with Crippen molar-refractivity contribution in [3.05, 3.63) is 35.9 Å². The minimum atomic E-state index is -1.05. The lowest BCUT2D eigenvalue weighted by atomic mass is 9.72. The molecule has 30 heavy (non-hydrogen) atoms. The molecule has 1 aromatic carbocycles. The summed E-state index contributed by atoms with van der Waals surface area (Å²) in [5, 5.41) is 17.0. The van der Waals surface area contributed by atoms with Crippen LogP contribution in [0.1, 0.15) is 64.0 Å². The predicted octanol–water partition coefficient (Wildman–Crippen LogP) is 2.43. The minimum Gasteiger partial charge on any atom is -0.534 e. The van der Waals surface area contributed by atoms with Gasteiger partial charge in [-0.1, -0.05) is 24.8 Å². The quantitative estimate of drug-likeness (QED) is 0.515. The first-order valence-electron chi connectivity index (χ1n) is 11.1. The maximum absolute atomic E-state index is 12.6. The van der Waals surface area contributed by atoms with E-state index in [2.05, 4.69) is 17.2 Å². The lowest BCUT2D eigenvalue weighted by Crippen LogP contribution is -2.53. The van der Waals surface area contributed by atoms with Gasteiger partial charge < -0.3 is 26.0 Å². The molecule has 0 spiro atoms. The molecule has 2 aliphatic rings. The summed E-state index contributed by atoms with van der Waals surface area (Å²) in [6.45, 7) is 10.7. The van der Waals surface area contributed by atoms with Gasteiger partial charge in [-0.15, -0.1) is 0 Å². The number of amides is 1. The second-order valence-electron chi connectivity index (χ2n) is 9.75. The summed E-state index contributed by atoms with van der Waals surface area (Å²) in [7, 11) is -1.05. The Balaban J connectivity index is 1.48. The van der Waals surface area contributed by atoms with Gasteiger partial charge in [-0.2, -0.15) is 0 Å². The molecule has 1 heterocycles. The smallest absolute Gasteiger partial charge is 0.534 e. The fourth-order valence-electron chi connectivity index (χ4n) is 4.39. The molecule has 0 radical (unpaired) electrons. The van der Waals surface area contributed by atoms with E-state index in [1.807, 2.05) is 39.0 Å². The number of nitrogens with one attached hydrogen (secondary N) is 2. The molecule has 1 aliphatic carbocycles. The molecule has 7 heteroatoms. The molecular formula is C23H36BN3O3. The van der Waals surface area contributed by atoms with Gasteiger partial charge in [0.15, 0.2) is 0 Å². The van der Waals surface area contributed by atoms with Gasteiger partial charge in [-0.25, -0.2) is 0 Å². The molecule has 3 rings (SSSR count). The van der Waals surface area contributed by atoms with Crippen LogP contribution in [0.15, 0.2) is 24.8 Å². The van der Waals surface area contributed by atoms with Crippen LogP contribution in [0.25, 0.3) is 5.57 Å². The van der Waals surface area contributed by atoms with Crippen molar-refractivity contribution in [2.24, 2.45) is 11.7 Å². The lowest BCUT2D eigenvalue weighted by Gasteiger charge is -2.32. The third-order valence-electron chi connectivity index (χ3n) is 6.09. The monoisotopic (exact) mass is 413 g/mol. The van der Waals surface area contributed by atoms with Crippen molar-refractivity contribution in [2.75, 3.05) is 6.54 Å². The van der Waals surface area contributed by atoms with Crippen LogP contribution in [-0.2, 0) is 11.2 Å². The topological polar surface area (TPSA) is 96.6 Å². The van der Waals surface area contributed by atoms with Crippen LogP contribution in [0.5, 0.6) is 5.75 Å². The summed E-state index contributed by atoms with van der Waals surface area (Å²) in [4.78, 5) is 12.6. The average Bonchev–Trinajstić information content (AvgIpc) is 2.67. The van der Waals surface area contributed by atoms with E-state index in [0.717, 1.165) is 48.9 Å². The van der Waals surface area contributed by atoms with Crippen LogP contribution in [0, 0.1) is 5.92 Å². The molecule has 1 fully saturated rings. The van der Waals surface area contributed by atoms with E-state index in [-0.39, 0.29) is 11.4 Å². The minimum absolute atomic E-state index is 0.0124. The second kappa shape index (κ2) is 9.54. The Morgan fingerprint density at radius 1 is 1.33 bits per heavy atom. The van der Waals surface area contributed by atoms with Crippen LogP contribution in [0.4, 0.5) is 0 Å². The Bertz CT molecular complexity index is 769. The van der Waals surface area contributed by atoms with E-state index in [1.54, 1.807) is 0 Å². The van der Waals surface area contributed by atoms with Crippen molar-refractivity contribution in [2.45, 2.75) is 76.8 Å². The van der Waals surface area contributed by atoms with Crippen LogP contribution >= 0.6 is 0 Å². The van der Waals surface area contributed by atoms with Gasteiger partial charge in [0.05, 0.1) is 5.94 Å². The zero-order valence-electron chi connectivity index (χ0n) is 18.5. The molecule has 5 N–H and O–H groups in total. The van der Waals surface area contributed by atoms with Crippen molar-refractivity contribution in [1.29, 1.82) is 0 Å². The van der Waals surface area contributed by atoms with Crippen LogP contribution < -0.4 is 21.0 Å². The summed E-state index contributed by atoms with van der Waals surface area (Å²) in [5.41, 5.74) is 8.62. The molecular weight excluding hydrogens is 377 g/mol. The SMILES string of the molecule is C=C(C)c1cccc2c1OB(O)[C@@H](NC(=O)C[C@H]1CC[C@H](NCC(C)(C)N)CC1)C2. The molecule has 1 aliphatic heterocycles. The molecule has 1 aromatic rings. The number of carbonyl (C=O) groups is 1. The Labute approximate surface area is 180 Å². The molecule has 0 aromatic heterocycles. The van der Waals surface area contributed by atoms with Crippen molar-refractivity contribution in [3.63, 3.8) is 0 Å². The van der Waals surface area contributed by atoms with Gasteiger partial charge in [0.25, 0.3) is 0 Å². The molecule has 6 nitrogen and oxygen atoms in total. The van der Waals surface area contributed by atoms with Crippen LogP contribution in [0.3, 0.4) is 0 Å². The standard InChI is InChI=1S/C23H36BN3O3/c1-15(2)19-7-5-6-17-13-20(24(29)30-22(17)19)27-21(28)12-16-8-10-18(11-9-16)26-14-23(3,4)25/h5-7,16,18,20,26,29H,1,8-14,25H2,2-4H3,(H,27,28)/t16-,18-,20-/m0/s1. The first-order valence-corrected chi connectivity index (χ1v) is 11.1. The number of nitrogens with two attached hydrogens (primary N) is 1. The number of hydrogen-bond acceptors (Lipinski definition) is 5. The molecule has 1 saturated carbocycles. The Kier molecular flexibility index (Phi) is 7.27. The molecule has 0 unspecified atom stereocenters. The van der Waals surface area contributed by atoms with Gasteiger partial charge in [0.2, 0.25) is 5.91 Å². The highest BCUT2D eigenvalue weighted by atomic mass is 16.5. The summed E-state index contributed by atoms with van der Waals surface area (Å²) >= 11 is 0. The number of allylic oxidation sites excluding steroid dienone is 1. The third-order valence-corrected chi connectivity index (χ3v) is 6.09. The van der Waals surface area contributed by atoms with Gasteiger partial charge in [0.1, 0.15) is 5.75 Å². The summed E-state index contributed by atoms with van der Waals surface area (Å²) in [6.07, 6.45) is 5.25. The van der Waals surface area contributed by atoms with Gasteiger partial charge in [0, 0.05) is 30.1 Å². The Morgan fingerprint density at radius 3 is 2.67 bits per heavy atom. The van der Waals surface area contributed by atoms with Gasteiger partial charge >= 0.3 is 7.12 Å². The zero-order chi connectivity index (χ0) is 21.9. The lowest BCUT2D eigenvalue weighted by molar-refractivity contribution is -0.122. The fraction of sp³-hybridized carbons (Fsp3) is 0.609. The van der Waals surface area contributed by atoms with Gasteiger partial charge in [-0.3, -0.25) is 4.79 Å². The highest BCUT2D eigenvalue weighted by Crippen LogP contribution is 2.33.